The lowest BCUT2D eigenvalue weighted by Gasteiger charge is -2.10. The predicted molar refractivity (Wildman–Crippen MR) is 69.8 cm³/mol. The molecule has 0 aliphatic rings. The molecular formula is C12H20ClNO2. The van der Waals surface area contributed by atoms with Crippen molar-refractivity contribution in [1.82, 2.24) is 0 Å². The van der Waals surface area contributed by atoms with Crippen LogP contribution in [0.15, 0.2) is 12.1 Å². The molecule has 1 rings (SSSR count). The van der Waals surface area contributed by atoms with Gasteiger partial charge < -0.3 is 15.5 Å². The first-order valence-electron chi connectivity index (χ1n) is 5.47. The SMILES string of the molecule is CCCCNc1cc(CC)cc(O)c1O.Cl. The molecule has 0 fully saturated rings. The van der Waals surface area contributed by atoms with E-state index in [0.29, 0.717) is 5.69 Å². The van der Waals surface area contributed by atoms with Gasteiger partial charge in [0.2, 0.25) is 0 Å². The average molecular weight is 246 g/mol. The van der Waals surface area contributed by atoms with Crippen molar-refractivity contribution in [3.05, 3.63) is 17.7 Å². The first kappa shape index (κ1) is 14.9. The van der Waals surface area contributed by atoms with Crippen LogP contribution in [0.5, 0.6) is 11.5 Å². The van der Waals surface area contributed by atoms with E-state index >= 15 is 0 Å². The predicted octanol–water partition coefficient (Wildman–Crippen LogP) is 3.29. The highest BCUT2D eigenvalue weighted by molar-refractivity contribution is 5.85. The zero-order valence-corrected chi connectivity index (χ0v) is 10.6. The number of halogens is 1. The third kappa shape index (κ3) is 3.81. The first-order valence-corrected chi connectivity index (χ1v) is 5.47. The highest BCUT2D eigenvalue weighted by Gasteiger charge is 2.07. The lowest BCUT2D eigenvalue weighted by Crippen LogP contribution is -2.01. The number of phenols is 2. The van der Waals surface area contributed by atoms with Crippen LogP contribution in [-0.2, 0) is 6.42 Å². The number of phenolic OH excluding ortho intramolecular Hbond substituents is 2. The molecule has 3 nitrogen and oxygen atoms in total. The molecule has 0 saturated heterocycles. The quantitative estimate of drug-likeness (QED) is 0.551. The van der Waals surface area contributed by atoms with E-state index in [2.05, 4.69) is 12.2 Å². The molecule has 0 radical (unpaired) electrons. The Hall–Kier alpha value is -1.09. The van der Waals surface area contributed by atoms with E-state index in [4.69, 9.17) is 0 Å². The van der Waals surface area contributed by atoms with Gasteiger partial charge >= 0.3 is 0 Å². The average Bonchev–Trinajstić information content (AvgIpc) is 2.24. The monoisotopic (exact) mass is 245 g/mol. The molecule has 0 heterocycles. The van der Waals surface area contributed by atoms with Crippen molar-refractivity contribution in [3.8, 4) is 11.5 Å². The molecule has 92 valence electrons. The van der Waals surface area contributed by atoms with Gasteiger partial charge in [0, 0.05) is 6.54 Å². The maximum Gasteiger partial charge on any atom is 0.181 e. The van der Waals surface area contributed by atoms with Crippen molar-refractivity contribution in [1.29, 1.82) is 0 Å². The highest BCUT2D eigenvalue weighted by Crippen LogP contribution is 2.34. The van der Waals surface area contributed by atoms with Gasteiger partial charge in [0.05, 0.1) is 5.69 Å². The molecular weight excluding hydrogens is 226 g/mol. The van der Waals surface area contributed by atoms with Crippen LogP contribution in [-0.4, -0.2) is 16.8 Å². The van der Waals surface area contributed by atoms with Crippen LogP contribution in [0.2, 0.25) is 0 Å². The maximum atomic E-state index is 9.60. The molecule has 0 aliphatic carbocycles. The first-order chi connectivity index (χ1) is 7.19. The Morgan fingerprint density at radius 1 is 1.19 bits per heavy atom. The highest BCUT2D eigenvalue weighted by atomic mass is 35.5. The zero-order chi connectivity index (χ0) is 11.3. The van der Waals surface area contributed by atoms with E-state index in [-0.39, 0.29) is 23.9 Å². The summed E-state index contributed by atoms with van der Waals surface area (Å²) in [6, 6.07) is 3.48. The largest absolute Gasteiger partial charge is 0.504 e. The Balaban J connectivity index is 0.00000225. The summed E-state index contributed by atoms with van der Waals surface area (Å²) in [4.78, 5) is 0. The fraction of sp³-hybridized carbons (Fsp3) is 0.500. The minimum atomic E-state index is -0.0525. The number of aromatic hydroxyl groups is 2. The minimum absolute atomic E-state index is 0. The summed E-state index contributed by atoms with van der Waals surface area (Å²) in [5.74, 6) is -0.100. The van der Waals surface area contributed by atoms with Crippen LogP contribution in [0.4, 0.5) is 5.69 Å². The summed E-state index contributed by atoms with van der Waals surface area (Å²) < 4.78 is 0. The summed E-state index contributed by atoms with van der Waals surface area (Å²) >= 11 is 0. The van der Waals surface area contributed by atoms with Crippen molar-refractivity contribution < 1.29 is 10.2 Å². The van der Waals surface area contributed by atoms with Gasteiger partial charge in [-0.1, -0.05) is 20.3 Å². The van der Waals surface area contributed by atoms with E-state index in [1.165, 1.54) is 0 Å². The topological polar surface area (TPSA) is 52.5 Å². The van der Waals surface area contributed by atoms with Crippen molar-refractivity contribution >= 4 is 18.1 Å². The summed E-state index contributed by atoms with van der Waals surface area (Å²) in [6.45, 7) is 4.94. The molecule has 16 heavy (non-hydrogen) atoms. The summed E-state index contributed by atoms with van der Waals surface area (Å²) in [5, 5.41) is 22.2. The number of aryl methyl sites for hydroxylation is 1. The molecule has 0 bridgehead atoms. The van der Waals surface area contributed by atoms with Crippen LogP contribution in [0.1, 0.15) is 32.3 Å². The van der Waals surface area contributed by atoms with Crippen LogP contribution in [0.3, 0.4) is 0 Å². The number of hydrogen-bond donors (Lipinski definition) is 3. The van der Waals surface area contributed by atoms with Gasteiger partial charge in [-0.05, 0) is 30.5 Å². The van der Waals surface area contributed by atoms with Gasteiger partial charge in [-0.15, -0.1) is 12.4 Å². The molecule has 0 atom stereocenters. The molecule has 0 spiro atoms. The molecule has 1 aromatic rings. The smallest absolute Gasteiger partial charge is 0.181 e. The summed E-state index contributed by atoms with van der Waals surface area (Å²) in [5.41, 5.74) is 1.64. The van der Waals surface area contributed by atoms with Gasteiger partial charge in [-0.2, -0.15) is 0 Å². The fourth-order valence-electron chi connectivity index (χ4n) is 1.42. The van der Waals surface area contributed by atoms with Gasteiger partial charge in [-0.3, -0.25) is 0 Å². The van der Waals surface area contributed by atoms with Gasteiger partial charge in [0.15, 0.2) is 11.5 Å². The Labute approximate surface area is 103 Å². The Bertz CT molecular complexity index is 329. The molecule has 1 aromatic carbocycles. The molecule has 0 unspecified atom stereocenters. The van der Waals surface area contributed by atoms with Crippen LogP contribution in [0.25, 0.3) is 0 Å². The zero-order valence-electron chi connectivity index (χ0n) is 9.79. The third-order valence-corrected chi connectivity index (χ3v) is 2.40. The Morgan fingerprint density at radius 3 is 2.44 bits per heavy atom. The normalized spacial score (nSPS) is 9.62. The van der Waals surface area contributed by atoms with Crippen LogP contribution >= 0.6 is 12.4 Å². The molecule has 0 saturated carbocycles. The van der Waals surface area contributed by atoms with E-state index < -0.39 is 0 Å². The summed E-state index contributed by atoms with van der Waals surface area (Å²) in [7, 11) is 0. The third-order valence-electron chi connectivity index (χ3n) is 2.40. The second kappa shape index (κ2) is 7.23. The Morgan fingerprint density at radius 2 is 1.88 bits per heavy atom. The second-order valence-corrected chi connectivity index (χ2v) is 3.64. The number of unbranched alkanes of at least 4 members (excludes halogenated alkanes) is 1. The van der Waals surface area contributed by atoms with Crippen molar-refractivity contribution in [2.24, 2.45) is 0 Å². The van der Waals surface area contributed by atoms with Gasteiger partial charge in [0.25, 0.3) is 0 Å². The summed E-state index contributed by atoms with van der Waals surface area (Å²) in [6.07, 6.45) is 3.00. The number of nitrogens with one attached hydrogen (secondary N) is 1. The van der Waals surface area contributed by atoms with Crippen molar-refractivity contribution in [2.45, 2.75) is 33.1 Å². The lowest BCUT2D eigenvalue weighted by molar-refractivity contribution is 0.404. The van der Waals surface area contributed by atoms with E-state index in [9.17, 15) is 10.2 Å². The van der Waals surface area contributed by atoms with Gasteiger partial charge in [0.1, 0.15) is 0 Å². The number of rotatable bonds is 5. The van der Waals surface area contributed by atoms with Gasteiger partial charge in [-0.25, -0.2) is 0 Å². The molecule has 3 N–H and O–H groups in total. The standard InChI is InChI=1S/C12H19NO2.ClH/c1-3-5-6-13-10-7-9(4-2)8-11(14)12(10)15;/h7-8,13-15H,3-6H2,1-2H3;1H. The van der Waals surface area contributed by atoms with E-state index in [1.54, 1.807) is 6.07 Å². The molecule has 0 aromatic heterocycles. The molecule has 0 amide bonds. The Kier molecular flexibility index (Phi) is 6.74. The molecule has 0 aliphatic heterocycles. The van der Waals surface area contributed by atoms with Crippen LogP contribution < -0.4 is 5.32 Å². The van der Waals surface area contributed by atoms with E-state index in [1.807, 2.05) is 13.0 Å². The second-order valence-electron chi connectivity index (χ2n) is 3.64. The van der Waals surface area contributed by atoms with E-state index in [0.717, 1.165) is 31.4 Å². The number of hydrogen-bond acceptors (Lipinski definition) is 3. The number of anilines is 1. The number of benzene rings is 1. The molecule has 4 heteroatoms. The van der Waals surface area contributed by atoms with Crippen molar-refractivity contribution in [3.63, 3.8) is 0 Å². The fourth-order valence-corrected chi connectivity index (χ4v) is 1.42. The van der Waals surface area contributed by atoms with Crippen molar-refractivity contribution in [2.75, 3.05) is 11.9 Å². The van der Waals surface area contributed by atoms with Crippen LogP contribution in [0, 0.1) is 0 Å². The maximum absolute atomic E-state index is 9.60. The minimum Gasteiger partial charge on any atom is -0.504 e. The lowest BCUT2D eigenvalue weighted by atomic mass is 10.1.